The molecule has 0 radical (unpaired) electrons. The van der Waals surface area contributed by atoms with Gasteiger partial charge in [-0.3, -0.25) is 4.79 Å². The molecule has 1 aliphatic rings. The van der Waals surface area contributed by atoms with E-state index in [1.54, 1.807) is 6.92 Å². The third-order valence-corrected chi connectivity index (χ3v) is 4.97. The minimum absolute atomic E-state index is 0.112. The number of azide groups is 1. The fourth-order valence-corrected chi connectivity index (χ4v) is 3.40. The van der Waals surface area contributed by atoms with Crippen molar-refractivity contribution in [2.45, 2.75) is 32.0 Å². The molecule has 3 rings (SSSR count). The highest BCUT2D eigenvalue weighted by molar-refractivity contribution is 5.96. The zero-order chi connectivity index (χ0) is 21.3. The Morgan fingerprint density at radius 1 is 1.20 bits per heavy atom. The average molecular weight is 408 g/mol. The molecule has 1 aliphatic heterocycles. The quantitative estimate of drug-likeness (QED) is 0.354. The second kappa shape index (κ2) is 10.4. The first-order valence-electron chi connectivity index (χ1n) is 9.79. The molecule has 2 aromatic carbocycles. The van der Waals surface area contributed by atoms with Crippen LogP contribution in [0.4, 0.5) is 4.79 Å². The molecular formula is C22H24N4O4. The summed E-state index contributed by atoms with van der Waals surface area (Å²) in [4.78, 5) is 29.3. The molecule has 1 heterocycles. The topological polar surface area (TPSA) is 105 Å². The molecule has 0 spiro atoms. The Morgan fingerprint density at radius 3 is 2.47 bits per heavy atom. The highest BCUT2D eigenvalue weighted by Gasteiger charge is 2.42. The summed E-state index contributed by atoms with van der Waals surface area (Å²) in [6.45, 7) is 2.46. The lowest BCUT2D eigenvalue weighted by molar-refractivity contribution is -0.132. The van der Waals surface area contributed by atoms with Crippen molar-refractivity contribution in [3.63, 3.8) is 0 Å². The second-order valence-electron chi connectivity index (χ2n) is 7.26. The summed E-state index contributed by atoms with van der Waals surface area (Å²) in [6.07, 6.45) is -0.239. The molecule has 0 bridgehead atoms. The van der Waals surface area contributed by atoms with E-state index in [1.807, 2.05) is 60.7 Å². The smallest absolute Gasteiger partial charge is 0.416 e. The summed E-state index contributed by atoms with van der Waals surface area (Å²) in [5.74, 6) is -0.977. The van der Waals surface area contributed by atoms with Crippen molar-refractivity contribution < 1.29 is 19.1 Å². The third kappa shape index (κ3) is 5.37. The van der Waals surface area contributed by atoms with E-state index in [2.05, 4.69) is 10.0 Å². The molecule has 0 aliphatic carbocycles. The molecule has 0 N–H and O–H groups in total. The maximum Gasteiger partial charge on any atom is 0.416 e. The largest absolute Gasteiger partial charge is 0.447 e. The van der Waals surface area contributed by atoms with Crippen molar-refractivity contribution in [1.82, 2.24) is 4.90 Å². The lowest BCUT2D eigenvalue weighted by Gasteiger charge is -2.25. The fraction of sp³-hybridized carbons (Fsp3) is 0.364. The number of nitrogens with zero attached hydrogens (tertiary/aromatic N) is 4. The molecule has 8 nitrogen and oxygen atoms in total. The van der Waals surface area contributed by atoms with Gasteiger partial charge in [0.1, 0.15) is 12.6 Å². The predicted octanol–water partition coefficient (Wildman–Crippen LogP) is 4.11. The van der Waals surface area contributed by atoms with Gasteiger partial charge in [-0.2, -0.15) is 0 Å². The average Bonchev–Trinajstić information content (AvgIpc) is 3.12. The molecule has 0 aromatic heterocycles. The highest BCUT2D eigenvalue weighted by Crippen LogP contribution is 2.22. The van der Waals surface area contributed by atoms with Crippen LogP contribution in [0.1, 0.15) is 18.1 Å². The van der Waals surface area contributed by atoms with Gasteiger partial charge >= 0.3 is 6.09 Å². The number of benzene rings is 2. The van der Waals surface area contributed by atoms with Gasteiger partial charge in [0, 0.05) is 4.91 Å². The van der Waals surface area contributed by atoms with Gasteiger partial charge in [0.25, 0.3) is 0 Å². The molecule has 8 heteroatoms. The SMILES string of the molecule is C[C@H](COCc1ccccc1)[C@H](N=[N+]=[N-])C(=O)N1C(=O)OC[C@@H]1Cc1ccccc1. The molecule has 30 heavy (non-hydrogen) atoms. The monoisotopic (exact) mass is 408 g/mol. The Bertz CT molecular complexity index is 900. The Hall–Kier alpha value is -3.35. The fourth-order valence-electron chi connectivity index (χ4n) is 3.40. The Kier molecular flexibility index (Phi) is 7.43. The maximum absolute atomic E-state index is 13.1. The van der Waals surface area contributed by atoms with Crippen LogP contribution in [-0.4, -0.2) is 42.2 Å². The van der Waals surface area contributed by atoms with Gasteiger partial charge in [-0.1, -0.05) is 72.7 Å². The molecule has 0 unspecified atom stereocenters. The van der Waals surface area contributed by atoms with Gasteiger partial charge in [0.15, 0.2) is 0 Å². The number of carbonyl (C=O) groups excluding carboxylic acids is 2. The Morgan fingerprint density at radius 2 is 1.83 bits per heavy atom. The Labute approximate surface area is 175 Å². The number of hydrogen-bond donors (Lipinski definition) is 0. The molecular weight excluding hydrogens is 384 g/mol. The summed E-state index contributed by atoms with van der Waals surface area (Å²) in [5, 5.41) is 3.67. The van der Waals surface area contributed by atoms with Crippen molar-refractivity contribution in [3.05, 3.63) is 82.2 Å². The van der Waals surface area contributed by atoms with Crippen molar-refractivity contribution in [2.75, 3.05) is 13.2 Å². The molecule has 156 valence electrons. The van der Waals surface area contributed by atoms with E-state index in [-0.39, 0.29) is 13.2 Å². The first-order chi connectivity index (χ1) is 14.6. The molecule has 0 saturated carbocycles. The normalized spacial score (nSPS) is 17.7. The molecule has 1 saturated heterocycles. The van der Waals surface area contributed by atoms with E-state index in [1.165, 1.54) is 0 Å². The number of ether oxygens (including phenoxy) is 2. The zero-order valence-electron chi connectivity index (χ0n) is 16.8. The van der Waals surface area contributed by atoms with Crippen LogP contribution in [0, 0.1) is 5.92 Å². The summed E-state index contributed by atoms with van der Waals surface area (Å²) >= 11 is 0. The van der Waals surface area contributed by atoms with Crippen LogP contribution in [0.3, 0.4) is 0 Å². The first-order valence-corrected chi connectivity index (χ1v) is 9.79. The van der Waals surface area contributed by atoms with Crippen molar-refractivity contribution in [3.8, 4) is 0 Å². The number of rotatable bonds is 9. The van der Waals surface area contributed by atoms with E-state index < -0.39 is 30.0 Å². The summed E-state index contributed by atoms with van der Waals surface area (Å²) < 4.78 is 10.8. The summed E-state index contributed by atoms with van der Waals surface area (Å²) in [7, 11) is 0. The van der Waals surface area contributed by atoms with Gasteiger partial charge < -0.3 is 9.47 Å². The van der Waals surface area contributed by atoms with Crippen molar-refractivity contribution in [2.24, 2.45) is 11.0 Å². The van der Waals surface area contributed by atoms with Gasteiger partial charge in [-0.15, -0.1) is 0 Å². The van der Waals surface area contributed by atoms with Crippen molar-refractivity contribution in [1.29, 1.82) is 0 Å². The number of amides is 2. The Balaban J connectivity index is 1.66. The number of hydrogen-bond acceptors (Lipinski definition) is 5. The highest BCUT2D eigenvalue weighted by atomic mass is 16.6. The maximum atomic E-state index is 13.1. The van der Waals surface area contributed by atoms with Gasteiger partial charge in [-0.25, -0.2) is 9.69 Å². The van der Waals surface area contributed by atoms with E-state index in [0.29, 0.717) is 13.0 Å². The number of imide groups is 1. The van der Waals surface area contributed by atoms with Crippen LogP contribution < -0.4 is 0 Å². The predicted molar refractivity (Wildman–Crippen MR) is 110 cm³/mol. The second-order valence-corrected chi connectivity index (χ2v) is 7.26. The molecule has 1 fully saturated rings. The third-order valence-electron chi connectivity index (χ3n) is 4.97. The molecule has 2 aromatic rings. The number of carbonyl (C=O) groups is 2. The van der Waals surface area contributed by atoms with Crippen LogP contribution in [-0.2, 0) is 27.3 Å². The summed E-state index contributed by atoms with van der Waals surface area (Å²) in [6, 6.07) is 17.7. The minimum Gasteiger partial charge on any atom is -0.447 e. The van der Waals surface area contributed by atoms with Crippen molar-refractivity contribution >= 4 is 12.0 Å². The summed E-state index contributed by atoms with van der Waals surface area (Å²) in [5.41, 5.74) is 11.0. The van der Waals surface area contributed by atoms with E-state index in [0.717, 1.165) is 16.0 Å². The van der Waals surface area contributed by atoms with Crippen LogP contribution in [0.5, 0.6) is 0 Å². The van der Waals surface area contributed by atoms with E-state index in [9.17, 15) is 9.59 Å². The van der Waals surface area contributed by atoms with E-state index in [4.69, 9.17) is 15.0 Å². The molecule has 2 amide bonds. The van der Waals surface area contributed by atoms with Gasteiger partial charge in [0.05, 0.1) is 19.3 Å². The lowest BCUT2D eigenvalue weighted by atomic mass is 10.0. The number of cyclic esters (lactones) is 1. The first kappa shape index (κ1) is 21.4. The lowest BCUT2D eigenvalue weighted by Crippen LogP contribution is -2.47. The van der Waals surface area contributed by atoms with Crippen LogP contribution in [0.15, 0.2) is 65.8 Å². The van der Waals surface area contributed by atoms with Crippen LogP contribution in [0.2, 0.25) is 0 Å². The van der Waals surface area contributed by atoms with Gasteiger partial charge in [-0.05, 0) is 29.0 Å². The van der Waals surface area contributed by atoms with E-state index >= 15 is 0 Å². The minimum atomic E-state index is -1.06. The van der Waals surface area contributed by atoms with Crippen LogP contribution >= 0.6 is 0 Å². The van der Waals surface area contributed by atoms with Crippen LogP contribution in [0.25, 0.3) is 10.4 Å². The zero-order valence-corrected chi connectivity index (χ0v) is 16.8. The van der Waals surface area contributed by atoms with Gasteiger partial charge in [0.2, 0.25) is 5.91 Å². The standard InChI is InChI=1S/C22H24N4O4/c1-16(13-29-14-18-10-6-3-7-11-18)20(24-25-23)21(27)26-19(15-30-22(26)28)12-17-8-4-2-5-9-17/h2-11,16,19-20H,12-15H2,1H3/t16-,19+,20+/m1/s1. The molecule has 3 atom stereocenters.